The molecule has 6 heteroatoms. The largest absolute Gasteiger partial charge is 0.482 e. The van der Waals surface area contributed by atoms with Gasteiger partial charge in [0.15, 0.2) is 0 Å². The summed E-state index contributed by atoms with van der Waals surface area (Å²) in [7, 11) is 0. The Morgan fingerprint density at radius 2 is 1.96 bits per heavy atom. The zero-order valence-electron chi connectivity index (χ0n) is 13.6. The maximum Gasteiger partial charge on any atom is 0.260 e. The Morgan fingerprint density at radius 1 is 1.16 bits per heavy atom. The number of pyridine rings is 1. The first-order valence-corrected chi connectivity index (χ1v) is 7.74. The van der Waals surface area contributed by atoms with E-state index in [9.17, 15) is 13.6 Å². The van der Waals surface area contributed by atoms with Gasteiger partial charge in [-0.05, 0) is 49.8 Å². The van der Waals surface area contributed by atoms with Gasteiger partial charge in [0.2, 0.25) is 5.95 Å². The molecule has 0 saturated heterocycles. The fraction of sp³-hybridized carbons (Fsp3) is 0.158. The summed E-state index contributed by atoms with van der Waals surface area (Å²) in [6, 6.07) is 7.11. The highest BCUT2D eigenvalue weighted by Crippen LogP contribution is 2.44. The first kappa shape index (κ1) is 15.5. The van der Waals surface area contributed by atoms with Crippen LogP contribution in [0.5, 0.6) is 0 Å². The highest BCUT2D eigenvalue weighted by molar-refractivity contribution is 6.32. The average Bonchev–Trinajstić information content (AvgIpc) is 3.02. The van der Waals surface area contributed by atoms with E-state index in [1.54, 1.807) is 18.2 Å². The highest BCUT2D eigenvalue weighted by Gasteiger charge is 2.38. The summed E-state index contributed by atoms with van der Waals surface area (Å²) in [6.45, 7) is 3.67. The van der Waals surface area contributed by atoms with Crippen LogP contribution < -0.4 is 5.32 Å². The molecule has 1 aromatic heterocycles. The molecule has 1 N–H and O–H groups in total. The number of nitrogens with one attached hydrogen (secondary N) is 1. The van der Waals surface area contributed by atoms with Crippen molar-refractivity contribution in [2.24, 2.45) is 0 Å². The van der Waals surface area contributed by atoms with Gasteiger partial charge in [-0.1, -0.05) is 0 Å². The molecule has 0 aliphatic carbocycles. The lowest BCUT2D eigenvalue weighted by molar-refractivity contribution is -0.111. The second-order valence-electron chi connectivity index (χ2n) is 6.42. The number of nitrogens with zero attached hydrogens (tertiary/aromatic N) is 1. The molecule has 0 unspecified atom stereocenters. The van der Waals surface area contributed by atoms with Crippen molar-refractivity contribution >= 4 is 22.7 Å². The lowest BCUT2D eigenvalue weighted by Gasteiger charge is -2.23. The number of anilines is 1. The van der Waals surface area contributed by atoms with Crippen molar-refractivity contribution in [2.45, 2.75) is 19.4 Å². The number of carbonyl (C=O) groups excluding carboxylic acids is 1. The van der Waals surface area contributed by atoms with Gasteiger partial charge in [0, 0.05) is 23.4 Å². The third-order valence-corrected chi connectivity index (χ3v) is 4.30. The van der Waals surface area contributed by atoms with Crippen molar-refractivity contribution in [2.75, 3.05) is 5.32 Å². The van der Waals surface area contributed by atoms with Crippen molar-refractivity contribution < 1.29 is 18.3 Å². The van der Waals surface area contributed by atoms with Crippen LogP contribution in [0.15, 0.2) is 48.4 Å². The summed E-state index contributed by atoms with van der Waals surface area (Å²) >= 11 is 0. The van der Waals surface area contributed by atoms with E-state index in [-0.39, 0.29) is 5.91 Å². The molecule has 0 bridgehead atoms. The first-order valence-electron chi connectivity index (χ1n) is 7.74. The van der Waals surface area contributed by atoms with E-state index in [1.165, 1.54) is 24.4 Å². The van der Waals surface area contributed by atoms with Gasteiger partial charge in [0.1, 0.15) is 17.2 Å². The molecule has 0 fully saturated rings. The van der Waals surface area contributed by atoms with Crippen LogP contribution in [0, 0.1) is 11.8 Å². The van der Waals surface area contributed by atoms with E-state index >= 15 is 0 Å². The predicted octanol–water partition coefficient (Wildman–Crippen LogP) is 3.92. The number of carbonyl (C=O) groups is 1. The fourth-order valence-corrected chi connectivity index (χ4v) is 3.18. The van der Waals surface area contributed by atoms with E-state index in [0.717, 1.165) is 5.57 Å². The molecular formula is C19H14F2N2O2. The molecule has 0 atom stereocenters. The minimum Gasteiger partial charge on any atom is -0.482 e. The Bertz CT molecular complexity index is 977. The van der Waals surface area contributed by atoms with Gasteiger partial charge in [0.05, 0.1) is 11.3 Å². The molecule has 1 amide bonds. The van der Waals surface area contributed by atoms with Gasteiger partial charge in [-0.25, -0.2) is 9.37 Å². The number of benzene rings is 1. The zero-order valence-corrected chi connectivity index (χ0v) is 13.6. The van der Waals surface area contributed by atoms with E-state index in [0.29, 0.717) is 28.1 Å². The fourth-order valence-electron chi connectivity index (χ4n) is 3.18. The van der Waals surface area contributed by atoms with Crippen LogP contribution in [0.1, 0.15) is 25.0 Å². The van der Waals surface area contributed by atoms with Crippen LogP contribution in [0.4, 0.5) is 14.5 Å². The number of amides is 1. The van der Waals surface area contributed by atoms with Crippen molar-refractivity contribution in [3.63, 3.8) is 0 Å². The van der Waals surface area contributed by atoms with Crippen molar-refractivity contribution in [3.05, 3.63) is 71.3 Å². The monoisotopic (exact) mass is 340 g/mol. The first-order chi connectivity index (χ1) is 11.8. The Labute approximate surface area is 142 Å². The highest BCUT2D eigenvalue weighted by atomic mass is 19.1. The van der Waals surface area contributed by atoms with Crippen LogP contribution in [0.2, 0.25) is 0 Å². The van der Waals surface area contributed by atoms with Gasteiger partial charge in [-0.2, -0.15) is 4.39 Å². The Hall–Kier alpha value is -3.02. The molecule has 0 radical (unpaired) electrons. The SMILES string of the molecule is CC1(C)OC(=C2C(=O)Nc3cc(F)ccc32)C=C1c1ccnc(F)c1. The second kappa shape index (κ2) is 5.24. The normalized spacial score (nSPS) is 20.8. The number of fused-ring (bicyclic) bond motifs is 1. The van der Waals surface area contributed by atoms with E-state index in [2.05, 4.69) is 10.3 Å². The second-order valence-corrected chi connectivity index (χ2v) is 6.42. The molecule has 1 aromatic carbocycles. The van der Waals surface area contributed by atoms with E-state index < -0.39 is 17.4 Å². The van der Waals surface area contributed by atoms with Crippen molar-refractivity contribution in [1.29, 1.82) is 0 Å². The third-order valence-electron chi connectivity index (χ3n) is 4.30. The number of allylic oxidation sites excluding steroid dienone is 1. The maximum atomic E-state index is 13.5. The maximum absolute atomic E-state index is 13.5. The van der Waals surface area contributed by atoms with Gasteiger partial charge < -0.3 is 10.1 Å². The quantitative estimate of drug-likeness (QED) is 0.632. The number of ether oxygens (including phenoxy) is 1. The van der Waals surface area contributed by atoms with Gasteiger partial charge in [-0.15, -0.1) is 0 Å². The molecule has 126 valence electrons. The summed E-state index contributed by atoms with van der Waals surface area (Å²) in [4.78, 5) is 15.9. The molecule has 2 aliphatic heterocycles. The molecule has 0 spiro atoms. The molecule has 4 nitrogen and oxygen atoms in total. The Morgan fingerprint density at radius 3 is 2.72 bits per heavy atom. The molecule has 2 aliphatic rings. The average molecular weight is 340 g/mol. The summed E-state index contributed by atoms with van der Waals surface area (Å²) in [6.07, 6.45) is 3.11. The standard InChI is InChI=1S/C19H14F2N2O2/c1-19(2)13(10-5-6-22-16(21)7-10)9-15(25-19)17-12-4-3-11(20)8-14(12)23-18(17)24/h3-9H,1-2H3,(H,23,24). The number of rotatable bonds is 1. The van der Waals surface area contributed by atoms with Crippen LogP contribution in [0.25, 0.3) is 11.1 Å². The Kier molecular flexibility index (Phi) is 3.25. The van der Waals surface area contributed by atoms with Crippen LogP contribution in [0.3, 0.4) is 0 Å². The van der Waals surface area contributed by atoms with Crippen molar-refractivity contribution in [3.8, 4) is 0 Å². The number of hydrogen-bond acceptors (Lipinski definition) is 3. The number of halogens is 2. The van der Waals surface area contributed by atoms with Crippen LogP contribution in [-0.4, -0.2) is 16.5 Å². The summed E-state index contributed by atoms with van der Waals surface area (Å²) in [5.74, 6) is -0.999. The third kappa shape index (κ3) is 2.50. The summed E-state index contributed by atoms with van der Waals surface area (Å²) < 4.78 is 32.8. The number of hydrogen-bond donors (Lipinski definition) is 1. The van der Waals surface area contributed by atoms with Crippen LogP contribution in [-0.2, 0) is 9.53 Å². The zero-order chi connectivity index (χ0) is 17.8. The van der Waals surface area contributed by atoms with Crippen molar-refractivity contribution in [1.82, 2.24) is 4.98 Å². The van der Waals surface area contributed by atoms with E-state index in [4.69, 9.17) is 4.74 Å². The smallest absolute Gasteiger partial charge is 0.260 e. The number of aromatic nitrogens is 1. The molecule has 4 rings (SSSR count). The molecule has 2 aromatic rings. The lowest BCUT2D eigenvalue weighted by atomic mass is 9.93. The topological polar surface area (TPSA) is 51.2 Å². The van der Waals surface area contributed by atoms with Gasteiger partial charge >= 0.3 is 0 Å². The minimum absolute atomic E-state index is 0.340. The molecular weight excluding hydrogens is 326 g/mol. The summed E-state index contributed by atoms with van der Waals surface area (Å²) in [5, 5.41) is 2.64. The molecule has 25 heavy (non-hydrogen) atoms. The summed E-state index contributed by atoms with van der Waals surface area (Å²) in [5.41, 5.74) is 1.94. The van der Waals surface area contributed by atoms with E-state index in [1.807, 2.05) is 13.8 Å². The van der Waals surface area contributed by atoms with Crippen LogP contribution >= 0.6 is 0 Å². The molecule has 0 saturated carbocycles. The minimum atomic E-state index is -0.751. The van der Waals surface area contributed by atoms with Gasteiger partial charge in [-0.3, -0.25) is 4.79 Å². The molecule has 3 heterocycles. The predicted molar refractivity (Wildman–Crippen MR) is 89.3 cm³/mol. The lowest BCUT2D eigenvalue weighted by Crippen LogP contribution is -2.21. The Balaban J connectivity index is 1.88. The van der Waals surface area contributed by atoms with Gasteiger partial charge in [0.25, 0.3) is 5.91 Å².